The Morgan fingerprint density at radius 3 is 2.70 bits per heavy atom. The number of piperidine rings is 1. The maximum absolute atomic E-state index is 14.2. The van der Waals surface area contributed by atoms with Crippen LogP contribution in [0.1, 0.15) is 24.4 Å². The molecule has 3 atom stereocenters. The van der Waals surface area contributed by atoms with Crippen molar-refractivity contribution in [3.05, 3.63) is 66.0 Å². The lowest BCUT2D eigenvalue weighted by atomic mass is 9.92. The minimum absolute atomic E-state index is 0.0836. The molecule has 2 aromatic rings. The van der Waals surface area contributed by atoms with Gasteiger partial charge in [-0.1, -0.05) is 36.4 Å². The quantitative estimate of drug-likeness (QED) is 0.777. The lowest BCUT2D eigenvalue weighted by molar-refractivity contribution is -0.136. The molecule has 3 unspecified atom stereocenters. The Labute approximate surface area is 158 Å². The highest BCUT2D eigenvalue weighted by atomic mass is 19.1. The van der Waals surface area contributed by atoms with Crippen molar-refractivity contribution in [3.8, 4) is 0 Å². The summed E-state index contributed by atoms with van der Waals surface area (Å²) in [6.45, 7) is 1.94. The number of hydrogen-bond donors (Lipinski definition) is 3. The number of nitrogens with one attached hydrogen (secondary N) is 3. The summed E-state index contributed by atoms with van der Waals surface area (Å²) in [7, 11) is 0. The summed E-state index contributed by atoms with van der Waals surface area (Å²) in [6.07, 6.45) is 2.00. The van der Waals surface area contributed by atoms with Crippen LogP contribution in [0.25, 0.3) is 0 Å². The molecular formula is C21H25FN4O. The van der Waals surface area contributed by atoms with Crippen LogP contribution in [-0.4, -0.2) is 36.5 Å². The van der Waals surface area contributed by atoms with E-state index < -0.39 is 0 Å². The van der Waals surface area contributed by atoms with E-state index in [1.165, 1.54) is 6.07 Å². The SMILES string of the molecule is O=C(C1CNNC1c1ccccc1F)N1CCCC(Nc2ccccc2)C1. The molecule has 4 rings (SSSR count). The summed E-state index contributed by atoms with van der Waals surface area (Å²) in [6, 6.07) is 16.6. The molecule has 2 heterocycles. The average molecular weight is 368 g/mol. The van der Waals surface area contributed by atoms with E-state index in [1.807, 2.05) is 35.2 Å². The molecule has 2 fully saturated rings. The molecule has 27 heavy (non-hydrogen) atoms. The van der Waals surface area contributed by atoms with E-state index in [4.69, 9.17) is 0 Å². The fraction of sp³-hybridized carbons (Fsp3) is 0.381. The van der Waals surface area contributed by atoms with Gasteiger partial charge < -0.3 is 10.2 Å². The molecule has 0 bridgehead atoms. The Kier molecular flexibility index (Phi) is 5.36. The minimum atomic E-state index is -0.346. The van der Waals surface area contributed by atoms with E-state index >= 15 is 0 Å². The molecule has 142 valence electrons. The average Bonchev–Trinajstić information content (AvgIpc) is 3.18. The zero-order chi connectivity index (χ0) is 18.6. The van der Waals surface area contributed by atoms with Crippen molar-refractivity contribution in [1.82, 2.24) is 15.8 Å². The summed E-state index contributed by atoms with van der Waals surface area (Å²) in [5, 5.41) is 3.52. The number of hydrogen-bond acceptors (Lipinski definition) is 4. The van der Waals surface area contributed by atoms with Crippen molar-refractivity contribution < 1.29 is 9.18 Å². The number of benzene rings is 2. The van der Waals surface area contributed by atoms with Gasteiger partial charge in [0.25, 0.3) is 0 Å². The molecule has 1 amide bonds. The van der Waals surface area contributed by atoms with Crippen LogP contribution in [0.2, 0.25) is 0 Å². The van der Waals surface area contributed by atoms with Crippen LogP contribution in [-0.2, 0) is 4.79 Å². The minimum Gasteiger partial charge on any atom is -0.381 e. The third-order valence-electron chi connectivity index (χ3n) is 5.42. The second-order valence-corrected chi connectivity index (χ2v) is 7.26. The summed E-state index contributed by atoms with van der Waals surface area (Å²) in [5.41, 5.74) is 7.73. The van der Waals surface area contributed by atoms with Crippen LogP contribution in [0.3, 0.4) is 0 Å². The lowest BCUT2D eigenvalue weighted by Gasteiger charge is -2.36. The normalized spacial score (nSPS) is 25.4. The van der Waals surface area contributed by atoms with Crippen molar-refractivity contribution >= 4 is 11.6 Å². The van der Waals surface area contributed by atoms with E-state index in [9.17, 15) is 9.18 Å². The van der Waals surface area contributed by atoms with Crippen molar-refractivity contribution in [3.63, 3.8) is 0 Å². The lowest BCUT2D eigenvalue weighted by Crippen LogP contribution is -2.48. The van der Waals surface area contributed by atoms with E-state index in [2.05, 4.69) is 16.2 Å². The van der Waals surface area contributed by atoms with Gasteiger partial charge in [-0.05, 0) is 31.0 Å². The highest BCUT2D eigenvalue weighted by molar-refractivity contribution is 5.80. The number of halogens is 1. The van der Waals surface area contributed by atoms with E-state index in [0.717, 1.165) is 25.1 Å². The Hall–Kier alpha value is -2.44. The Morgan fingerprint density at radius 1 is 1.11 bits per heavy atom. The Morgan fingerprint density at radius 2 is 1.89 bits per heavy atom. The number of likely N-dealkylation sites (tertiary alicyclic amines) is 1. The highest BCUT2D eigenvalue weighted by Gasteiger charge is 2.38. The Bertz CT molecular complexity index is 785. The number of nitrogens with zero attached hydrogens (tertiary/aromatic N) is 1. The molecule has 5 nitrogen and oxygen atoms in total. The van der Waals surface area contributed by atoms with Crippen LogP contribution in [0.4, 0.5) is 10.1 Å². The molecule has 0 spiro atoms. The largest absolute Gasteiger partial charge is 0.381 e. The van der Waals surface area contributed by atoms with Gasteiger partial charge >= 0.3 is 0 Å². The third-order valence-corrected chi connectivity index (χ3v) is 5.42. The first-order chi connectivity index (χ1) is 13.2. The summed E-state index contributed by atoms with van der Waals surface area (Å²) in [5.74, 6) is -0.503. The number of para-hydroxylation sites is 1. The maximum Gasteiger partial charge on any atom is 0.229 e. The van der Waals surface area contributed by atoms with Crippen LogP contribution < -0.4 is 16.2 Å². The van der Waals surface area contributed by atoms with Gasteiger partial charge in [-0.15, -0.1) is 0 Å². The highest BCUT2D eigenvalue weighted by Crippen LogP contribution is 2.29. The molecular weight excluding hydrogens is 343 g/mol. The van der Waals surface area contributed by atoms with Gasteiger partial charge in [0.2, 0.25) is 5.91 Å². The number of carbonyl (C=O) groups is 1. The Balaban J connectivity index is 1.44. The van der Waals surface area contributed by atoms with Crippen LogP contribution >= 0.6 is 0 Å². The van der Waals surface area contributed by atoms with Gasteiger partial charge in [0.05, 0.1) is 12.0 Å². The smallest absolute Gasteiger partial charge is 0.229 e. The summed E-state index contributed by atoms with van der Waals surface area (Å²) < 4.78 is 14.2. The van der Waals surface area contributed by atoms with Crippen molar-refractivity contribution in [2.24, 2.45) is 5.92 Å². The number of anilines is 1. The molecule has 0 aliphatic carbocycles. The number of amides is 1. The summed E-state index contributed by atoms with van der Waals surface area (Å²) >= 11 is 0. The number of hydrazine groups is 1. The second-order valence-electron chi connectivity index (χ2n) is 7.26. The van der Waals surface area contributed by atoms with Crippen LogP contribution in [0.5, 0.6) is 0 Å². The molecule has 2 aliphatic heterocycles. The topological polar surface area (TPSA) is 56.4 Å². The first-order valence-electron chi connectivity index (χ1n) is 9.55. The van der Waals surface area contributed by atoms with Crippen molar-refractivity contribution in [2.45, 2.75) is 24.9 Å². The van der Waals surface area contributed by atoms with Crippen LogP contribution in [0, 0.1) is 11.7 Å². The van der Waals surface area contributed by atoms with Gasteiger partial charge in [-0.25, -0.2) is 9.82 Å². The van der Waals surface area contributed by atoms with E-state index in [1.54, 1.807) is 18.2 Å². The molecule has 0 saturated carbocycles. The van der Waals surface area contributed by atoms with Gasteiger partial charge in [-0.2, -0.15) is 0 Å². The zero-order valence-electron chi connectivity index (χ0n) is 15.2. The van der Waals surface area contributed by atoms with Crippen molar-refractivity contribution in [1.29, 1.82) is 0 Å². The summed E-state index contributed by atoms with van der Waals surface area (Å²) in [4.78, 5) is 15.1. The predicted octanol–water partition coefficient (Wildman–Crippen LogP) is 2.69. The maximum atomic E-state index is 14.2. The molecule has 3 N–H and O–H groups in total. The first-order valence-corrected chi connectivity index (χ1v) is 9.55. The molecule has 0 radical (unpaired) electrons. The predicted molar refractivity (Wildman–Crippen MR) is 103 cm³/mol. The van der Waals surface area contributed by atoms with Gasteiger partial charge in [-0.3, -0.25) is 10.2 Å². The number of carbonyl (C=O) groups excluding carboxylic acids is 1. The monoisotopic (exact) mass is 368 g/mol. The second kappa shape index (κ2) is 8.06. The molecule has 0 aromatic heterocycles. The zero-order valence-corrected chi connectivity index (χ0v) is 15.2. The fourth-order valence-electron chi connectivity index (χ4n) is 4.05. The van der Waals surface area contributed by atoms with Gasteiger partial charge in [0, 0.05) is 36.9 Å². The molecule has 2 saturated heterocycles. The third kappa shape index (κ3) is 3.96. The van der Waals surface area contributed by atoms with E-state index in [-0.39, 0.29) is 29.7 Å². The van der Waals surface area contributed by atoms with Crippen molar-refractivity contribution in [2.75, 3.05) is 25.0 Å². The molecule has 2 aromatic carbocycles. The molecule has 2 aliphatic rings. The van der Waals surface area contributed by atoms with Gasteiger partial charge in [0.15, 0.2) is 0 Å². The standard InChI is InChI=1S/C21H25FN4O/c22-19-11-5-4-10-17(19)20-18(13-23-25-20)21(27)26-12-6-9-16(14-26)24-15-7-2-1-3-8-15/h1-5,7-8,10-11,16,18,20,23-25H,6,9,12-14H2. The van der Waals surface area contributed by atoms with Gasteiger partial charge in [0.1, 0.15) is 5.82 Å². The number of rotatable bonds is 4. The molecule has 6 heteroatoms. The fourth-order valence-corrected chi connectivity index (χ4v) is 4.05. The van der Waals surface area contributed by atoms with E-state index in [0.29, 0.717) is 18.7 Å². The van der Waals surface area contributed by atoms with Crippen LogP contribution in [0.15, 0.2) is 54.6 Å². The first kappa shape index (κ1) is 17.9.